The molecular formula is C30H24N2O3. The van der Waals surface area contributed by atoms with Gasteiger partial charge in [-0.15, -0.1) is 0 Å². The van der Waals surface area contributed by atoms with E-state index in [4.69, 9.17) is 14.6 Å². The van der Waals surface area contributed by atoms with E-state index in [-0.39, 0.29) is 18.2 Å². The number of fused-ring (bicyclic) bond motifs is 3. The summed E-state index contributed by atoms with van der Waals surface area (Å²) in [5.74, 6) is 0.979. The van der Waals surface area contributed by atoms with Crippen LogP contribution in [0, 0.1) is 6.92 Å². The van der Waals surface area contributed by atoms with Crippen LogP contribution in [0.15, 0.2) is 108 Å². The van der Waals surface area contributed by atoms with E-state index in [1.807, 2.05) is 48.5 Å². The molecule has 4 aromatic rings. The van der Waals surface area contributed by atoms with Crippen molar-refractivity contribution >= 4 is 11.7 Å². The minimum Gasteiger partial charge on any atom is -0.464 e. The van der Waals surface area contributed by atoms with Crippen LogP contribution in [0.25, 0.3) is 0 Å². The second-order valence-corrected chi connectivity index (χ2v) is 8.85. The molecule has 0 aromatic heterocycles. The van der Waals surface area contributed by atoms with Crippen molar-refractivity contribution in [3.8, 4) is 11.5 Å². The monoisotopic (exact) mass is 460 g/mol. The molecule has 0 fully saturated rings. The molecule has 2 aliphatic rings. The number of aryl methyl sites for hydroxylation is 1. The second kappa shape index (κ2) is 8.76. The number of nitrogens with zero attached hydrogens (tertiary/aromatic N) is 2. The predicted octanol–water partition coefficient (Wildman–Crippen LogP) is 6.46. The summed E-state index contributed by atoms with van der Waals surface area (Å²) < 4.78 is 12.0. The molecule has 0 unspecified atom stereocenters. The van der Waals surface area contributed by atoms with E-state index in [0.717, 1.165) is 34.6 Å². The average Bonchev–Trinajstić information content (AvgIpc) is 3.35. The quantitative estimate of drug-likeness (QED) is 0.259. The van der Waals surface area contributed by atoms with E-state index in [1.165, 1.54) is 5.56 Å². The van der Waals surface area contributed by atoms with E-state index >= 15 is 0 Å². The molecule has 0 saturated carbocycles. The van der Waals surface area contributed by atoms with E-state index in [9.17, 15) is 4.79 Å². The van der Waals surface area contributed by atoms with E-state index in [0.29, 0.717) is 11.3 Å². The number of rotatable bonds is 4. The van der Waals surface area contributed by atoms with Crippen molar-refractivity contribution < 1.29 is 14.3 Å². The molecule has 0 N–H and O–H groups in total. The number of ether oxygens (including phenoxy) is 2. The minimum absolute atomic E-state index is 0.0943. The normalized spacial score (nSPS) is 18.2. The van der Waals surface area contributed by atoms with Gasteiger partial charge in [0, 0.05) is 17.5 Å². The summed E-state index contributed by atoms with van der Waals surface area (Å²) in [6.45, 7) is 2.09. The van der Waals surface area contributed by atoms with Crippen molar-refractivity contribution in [2.24, 2.45) is 5.10 Å². The second-order valence-electron chi connectivity index (χ2n) is 8.85. The first-order valence-electron chi connectivity index (χ1n) is 11.7. The Labute approximate surface area is 204 Å². The highest BCUT2D eigenvalue weighted by Crippen LogP contribution is 2.47. The summed E-state index contributed by atoms with van der Waals surface area (Å²) in [4.78, 5) is 12.4. The Morgan fingerprint density at radius 2 is 1.60 bits per heavy atom. The van der Waals surface area contributed by atoms with Gasteiger partial charge in [0.2, 0.25) is 6.23 Å². The molecule has 2 heterocycles. The summed E-state index contributed by atoms with van der Waals surface area (Å²) in [7, 11) is 0. The SMILES string of the molecule is Cc1ccc(C2=NN3[C@@H](c4ccc(OC(=O)c5ccccc5)cc4)Oc4ccccc4[C@@H]3C2)cc1. The number of benzene rings is 4. The fraction of sp³-hybridized carbons (Fsp3) is 0.133. The van der Waals surface area contributed by atoms with Crippen LogP contribution in [-0.2, 0) is 0 Å². The van der Waals surface area contributed by atoms with Gasteiger partial charge in [0.1, 0.15) is 11.5 Å². The van der Waals surface area contributed by atoms with Gasteiger partial charge in [-0.05, 0) is 55.0 Å². The number of hydrogen-bond acceptors (Lipinski definition) is 5. The molecule has 0 radical (unpaired) electrons. The van der Waals surface area contributed by atoms with Crippen LogP contribution in [0.5, 0.6) is 11.5 Å². The molecule has 5 nitrogen and oxygen atoms in total. The molecule has 2 aliphatic heterocycles. The Balaban J connectivity index is 1.29. The van der Waals surface area contributed by atoms with Crippen molar-refractivity contribution in [2.45, 2.75) is 25.6 Å². The van der Waals surface area contributed by atoms with Crippen LogP contribution < -0.4 is 9.47 Å². The molecule has 4 aromatic carbocycles. The third kappa shape index (κ3) is 4.06. The third-order valence-corrected chi connectivity index (χ3v) is 6.47. The van der Waals surface area contributed by atoms with Gasteiger partial charge < -0.3 is 9.47 Å². The largest absolute Gasteiger partial charge is 0.464 e. The molecule has 0 spiro atoms. The number of carbonyl (C=O) groups is 1. The van der Waals surface area contributed by atoms with Crippen LogP contribution in [0.1, 0.15) is 51.3 Å². The van der Waals surface area contributed by atoms with Gasteiger partial charge in [0.25, 0.3) is 0 Å². The third-order valence-electron chi connectivity index (χ3n) is 6.47. The minimum atomic E-state index is -0.381. The summed E-state index contributed by atoms with van der Waals surface area (Å²) in [5, 5.41) is 7.07. The first-order valence-corrected chi connectivity index (χ1v) is 11.7. The highest BCUT2D eigenvalue weighted by atomic mass is 16.5. The highest BCUT2D eigenvalue weighted by molar-refractivity contribution is 6.02. The van der Waals surface area contributed by atoms with Crippen LogP contribution in [0.3, 0.4) is 0 Å². The standard InChI is InChI=1S/C30H24N2O3/c1-20-11-13-21(14-12-20)26-19-27-25-9-5-6-10-28(25)35-29(32(27)31-26)22-15-17-24(18-16-22)34-30(33)23-7-3-2-4-8-23/h2-18,27,29H,19H2,1H3/t27-,29+/m0/s1. The van der Waals surface area contributed by atoms with Crippen molar-refractivity contribution in [2.75, 3.05) is 0 Å². The maximum absolute atomic E-state index is 12.4. The topological polar surface area (TPSA) is 51.1 Å². The van der Waals surface area contributed by atoms with Crippen LogP contribution >= 0.6 is 0 Å². The Hall–Kier alpha value is -4.38. The van der Waals surface area contributed by atoms with Crippen molar-refractivity contribution in [1.82, 2.24) is 5.01 Å². The number of hydrazone groups is 1. The Kier molecular flexibility index (Phi) is 5.30. The van der Waals surface area contributed by atoms with Gasteiger partial charge in [-0.3, -0.25) is 0 Å². The van der Waals surface area contributed by atoms with E-state index in [1.54, 1.807) is 24.3 Å². The van der Waals surface area contributed by atoms with Crippen molar-refractivity contribution in [3.63, 3.8) is 0 Å². The number of carbonyl (C=O) groups excluding carboxylic acids is 1. The van der Waals surface area contributed by atoms with Gasteiger partial charge in [-0.1, -0.05) is 66.2 Å². The molecule has 2 atom stereocenters. The predicted molar refractivity (Wildman–Crippen MR) is 135 cm³/mol. The number of hydrogen-bond donors (Lipinski definition) is 0. The number of esters is 1. The van der Waals surface area contributed by atoms with Crippen LogP contribution in [-0.4, -0.2) is 16.7 Å². The molecule has 0 amide bonds. The molecule has 0 aliphatic carbocycles. The van der Waals surface area contributed by atoms with Gasteiger partial charge in [0.05, 0.1) is 17.3 Å². The lowest BCUT2D eigenvalue weighted by Gasteiger charge is -2.38. The summed E-state index contributed by atoms with van der Waals surface area (Å²) in [6.07, 6.45) is 0.434. The first-order chi connectivity index (χ1) is 17.2. The summed E-state index contributed by atoms with van der Waals surface area (Å²) in [5.41, 5.74) is 6.01. The lowest BCUT2D eigenvalue weighted by molar-refractivity contribution is -0.0190. The van der Waals surface area contributed by atoms with Gasteiger partial charge in [-0.25, -0.2) is 9.80 Å². The zero-order valence-electron chi connectivity index (χ0n) is 19.3. The Morgan fingerprint density at radius 3 is 2.37 bits per heavy atom. The summed E-state index contributed by atoms with van der Waals surface area (Å²) >= 11 is 0. The van der Waals surface area contributed by atoms with E-state index in [2.05, 4.69) is 42.3 Å². The Morgan fingerprint density at radius 1 is 0.886 bits per heavy atom. The maximum atomic E-state index is 12.4. The lowest BCUT2D eigenvalue weighted by atomic mass is 9.95. The van der Waals surface area contributed by atoms with Crippen molar-refractivity contribution in [3.05, 3.63) is 131 Å². The molecule has 0 bridgehead atoms. The first kappa shape index (κ1) is 21.2. The highest BCUT2D eigenvalue weighted by Gasteiger charge is 2.40. The van der Waals surface area contributed by atoms with Crippen LogP contribution in [0.4, 0.5) is 0 Å². The fourth-order valence-corrected chi connectivity index (χ4v) is 4.62. The average molecular weight is 461 g/mol. The lowest BCUT2D eigenvalue weighted by Crippen LogP contribution is -2.33. The fourth-order valence-electron chi connectivity index (χ4n) is 4.62. The van der Waals surface area contributed by atoms with Gasteiger partial charge in [0.15, 0.2) is 0 Å². The van der Waals surface area contributed by atoms with Gasteiger partial charge in [-0.2, -0.15) is 5.10 Å². The molecule has 0 saturated heterocycles. The molecule has 35 heavy (non-hydrogen) atoms. The zero-order chi connectivity index (χ0) is 23.8. The maximum Gasteiger partial charge on any atom is 0.343 e. The molecule has 5 heteroatoms. The zero-order valence-corrected chi connectivity index (χ0v) is 19.3. The smallest absolute Gasteiger partial charge is 0.343 e. The van der Waals surface area contributed by atoms with Gasteiger partial charge >= 0.3 is 5.97 Å². The van der Waals surface area contributed by atoms with Crippen molar-refractivity contribution in [1.29, 1.82) is 0 Å². The molecule has 172 valence electrons. The molecule has 6 rings (SSSR count). The van der Waals surface area contributed by atoms with Crippen LogP contribution in [0.2, 0.25) is 0 Å². The molecular weight excluding hydrogens is 436 g/mol. The number of para-hydroxylation sites is 1. The Bertz CT molecular complexity index is 1400. The van der Waals surface area contributed by atoms with E-state index < -0.39 is 0 Å². The summed E-state index contributed by atoms with van der Waals surface area (Å²) in [6, 6.07) is 33.2.